The van der Waals surface area contributed by atoms with Gasteiger partial charge in [0, 0.05) is 57.5 Å². The lowest BCUT2D eigenvalue weighted by atomic mass is 10.2. The summed E-state index contributed by atoms with van der Waals surface area (Å²) >= 11 is 0. The highest BCUT2D eigenvalue weighted by Gasteiger charge is 2.16. The van der Waals surface area contributed by atoms with Crippen molar-refractivity contribution in [2.75, 3.05) is 57.8 Å². The molecular formula is C20H35N5O. The fourth-order valence-electron chi connectivity index (χ4n) is 3.10. The second-order valence-electron chi connectivity index (χ2n) is 6.94. The number of benzene rings is 1. The number of rotatable bonds is 8. The van der Waals surface area contributed by atoms with Gasteiger partial charge in [0.05, 0.1) is 7.11 Å². The topological polar surface area (TPSA) is 52.1 Å². The molecular weight excluding hydrogens is 326 g/mol. The third-order valence-electron chi connectivity index (χ3n) is 4.48. The Bertz CT molecular complexity index is 536. The molecule has 1 heterocycles. The zero-order chi connectivity index (χ0) is 18.8. The van der Waals surface area contributed by atoms with Gasteiger partial charge in [-0.1, -0.05) is 0 Å². The molecule has 26 heavy (non-hydrogen) atoms. The first kappa shape index (κ1) is 20.4. The Morgan fingerprint density at radius 2 is 1.85 bits per heavy atom. The van der Waals surface area contributed by atoms with Crippen molar-refractivity contribution in [2.45, 2.75) is 33.2 Å². The molecule has 0 atom stereocenters. The summed E-state index contributed by atoms with van der Waals surface area (Å²) in [5, 5.41) is 6.66. The van der Waals surface area contributed by atoms with Gasteiger partial charge in [-0.2, -0.15) is 0 Å². The van der Waals surface area contributed by atoms with Crippen LogP contribution >= 0.6 is 0 Å². The van der Waals surface area contributed by atoms with Gasteiger partial charge in [0.1, 0.15) is 5.75 Å². The molecule has 6 nitrogen and oxygen atoms in total. The van der Waals surface area contributed by atoms with E-state index in [1.165, 1.54) is 5.69 Å². The van der Waals surface area contributed by atoms with Gasteiger partial charge in [0.2, 0.25) is 0 Å². The lowest BCUT2D eigenvalue weighted by molar-refractivity contribution is 0.256. The molecule has 0 aromatic heterocycles. The molecule has 0 bridgehead atoms. The molecule has 1 fully saturated rings. The second-order valence-corrected chi connectivity index (χ2v) is 6.94. The number of aliphatic imine (C=N–C) groups is 1. The second kappa shape index (κ2) is 10.9. The van der Waals surface area contributed by atoms with E-state index in [0.717, 1.165) is 63.9 Å². The standard InChI is InChI=1S/C20H35N5O/c1-5-21-20(23-17(2)3)22-11-6-12-24-13-15-25(16-14-24)18-7-9-19(26-4)10-8-18/h7-10,17H,5-6,11-16H2,1-4H3,(H2,21,22,23). The number of methoxy groups -OCH3 is 1. The Balaban J connectivity index is 1.69. The Kier molecular flexibility index (Phi) is 8.54. The van der Waals surface area contributed by atoms with E-state index in [1.54, 1.807) is 7.11 Å². The highest BCUT2D eigenvalue weighted by molar-refractivity contribution is 5.79. The Morgan fingerprint density at radius 1 is 1.15 bits per heavy atom. The lowest BCUT2D eigenvalue weighted by Crippen LogP contribution is -2.46. The Morgan fingerprint density at radius 3 is 2.42 bits per heavy atom. The fraction of sp³-hybridized carbons (Fsp3) is 0.650. The van der Waals surface area contributed by atoms with Crippen LogP contribution in [0, 0.1) is 0 Å². The van der Waals surface area contributed by atoms with Gasteiger partial charge in [-0.05, 0) is 51.5 Å². The molecule has 0 saturated carbocycles. The third kappa shape index (κ3) is 6.75. The van der Waals surface area contributed by atoms with Crippen molar-refractivity contribution in [3.8, 4) is 5.75 Å². The van der Waals surface area contributed by atoms with Gasteiger partial charge >= 0.3 is 0 Å². The van der Waals surface area contributed by atoms with Crippen molar-refractivity contribution in [3.63, 3.8) is 0 Å². The van der Waals surface area contributed by atoms with E-state index < -0.39 is 0 Å². The van der Waals surface area contributed by atoms with E-state index in [-0.39, 0.29) is 0 Å². The molecule has 0 aliphatic carbocycles. The summed E-state index contributed by atoms with van der Waals surface area (Å²) in [4.78, 5) is 9.65. The summed E-state index contributed by atoms with van der Waals surface area (Å²) in [5.74, 6) is 1.84. The molecule has 1 aromatic carbocycles. The fourth-order valence-corrected chi connectivity index (χ4v) is 3.10. The minimum atomic E-state index is 0.402. The molecule has 1 saturated heterocycles. The number of hydrogen-bond acceptors (Lipinski definition) is 4. The molecule has 2 N–H and O–H groups in total. The Hall–Kier alpha value is -1.95. The summed E-state index contributed by atoms with van der Waals surface area (Å²) in [7, 11) is 1.71. The number of nitrogens with one attached hydrogen (secondary N) is 2. The predicted octanol–water partition coefficient (Wildman–Crippen LogP) is 2.17. The van der Waals surface area contributed by atoms with Crippen LogP contribution in [0.15, 0.2) is 29.3 Å². The van der Waals surface area contributed by atoms with Crippen molar-refractivity contribution in [3.05, 3.63) is 24.3 Å². The van der Waals surface area contributed by atoms with E-state index in [1.807, 2.05) is 12.1 Å². The molecule has 1 aliphatic heterocycles. The van der Waals surface area contributed by atoms with Crippen LogP contribution in [-0.2, 0) is 0 Å². The number of ether oxygens (including phenoxy) is 1. The first-order chi connectivity index (χ1) is 12.6. The van der Waals surface area contributed by atoms with E-state index in [0.29, 0.717) is 6.04 Å². The van der Waals surface area contributed by atoms with Crippen molar-refractivity contribution in [2.24, 2.45) is 4.99 Å². The van der Waals surface area contributed by atoms with E-state index >= 15 is 0 Å². The van der Waals surface area contributed by atoms with Crippen molar-refractivity contribution in [1.82, 2.24) is 15.5 Å². The van der Waals surface area contributed by atoms with Crippen LogP contribution in [0.3, 0.4) is 0 Å². The largest absolute Gasteiger partial charge is 0.497 e. The summed E-state index contributed by atoms with van der Waals surface area (Å²) < 4.78 is 5.24. The summed E-state index contributed by atoms with van der Waals surface area (Å²) in [6, 6.07) is 8.76. The molecule has 2 rings (SSSR count). The number of hydrogen-bond donors (Lipinski definition) is 2. The highest BCUT2D eigenvalue weighted by Crippen LogP contribution is 2.20. The summed E-state index contributed by atoms with van der Waals surface area (Å²) in [5.41, 5.74) is 1.28. The SMILES string of the molecule is CCNC(=NCCCN1CCN(c2ccc(OC)cc2)CC1)NC(C)C. The van der Waals surface area contributed by atoms with E-state index in [4.69, 9.17) is 4.74 Å². The zero-order valence-corrected chi connectivity index (χ0v) is 16.8. The van der Waals surface area contributed by atoms with E-state index in [2.05, 4.69) is 58.3 Å². The minimum absolute atomic E-state index is 0.402. The Labute approximate surface area is 158 Å². The van der Waals surface area contributed by atoms with Crippen LogP contribution in [0.25, 0.3) is 0 Å². The zero-order valence-electron chi connectivity index (χ0n) is 16.8. The van der Waals surface area contributed by atoms with Crippen LogP contribution in [0.4, 0.5) is 5.69 Å². The molecule has 146 valence electrons. The average Bonchev–Trinajstić information content (AvgIpc) is 2.65. The number of guanidine groups is 1. The monoisotopic (exact) mass is 361 g/mol. The predicted molar refractivity (Wildman–Crippen MR) is 111 cm³/mol. The first-order valence-electron chi connectivity index (χ1n) is 9.78. The number of nitrogens with zero attached hydrogens (tertiary/aromatic N) is 3. The molecule has 0 amide bonds. The van der Waals surface area contributed by atoms with Crippen molar-refractivity contribution < 1.29 is 4.74 Å². The summed E-state index contributed by atoms with van der Waals surface area (Å²) in [6.45, 7) is 13.6. The maximum atomic E-state index is 5.24. The maximum absolute atomic E-state index is 5.24. The molecule has 1 aromatic rings. The number of anilines is 1. The smallest absolute Gasteiger partial charge is 0.191 e. The lowest BCUT2D eigenvalue weighted by Gasteiger charge is -2.36. The first-order valence-corrected chi connectivity index (χ1v) is 9.78. The normalized spacial score (nSPS) is 16.0. The van der Waals surface area contributed by atoms with Gasteiger partial charge in [0.25, 0.3) is 0 Å². The van der Waals surface area contributed by atoms with Crippen LogP contribution in [0.1, 0.15) is 27.2 Å². The average molecular weight is 362 g/mol. The minimum Gasteiger partial charge on any atom is -0.497 e. The van der Waals surface area contributed by atoms with Crippen LogP contribution in [-0.4, -0.2) is 69.8 Å². The molecule has 0 unspecified atom stereocenters. The molecule has 6 heteroatoms. The van der Waals surface area contributed by atoms with Gasteiger partial charge in [-0.15, -0.1) is 0 Å². The summed E-state index contributed by atoms with van der Waals surface area (Å²) in [6.07, 6.45) is 1.09. The van der Waals surface area contributed by atoms with Crippen LogP contribution in [0.2, 0.25) is 0 Å². The molecule has 0 radical (unpaired) electrons. The van der Waals surface area contributed by atoms with Gasteiger partial charge in [0.15, 0.2) is 5.96 Å². The van der Waals surface area contributed by atoms with Crippen molar-refractivity contribution >= 4 is 11.6 Å². The quantitative estimate of drug-likeness (QED) is 0.422. The van der Waals surface area contributed by atoms with Gasteiger partial charge in [-0.25, -0.2) is 0 Å². The highest BCUT2D eigenvalue weighted by atomic mass is 16.5. The number of piperazine rings is 1. The van der Waals surface area contributed by atoms with Gasteiger partial charge in [-0.3, -0.25) is 9.89 Å². The van der Waals surface area contributed by atoms with Crippen LogP contribution < -0.4 is 20.3 Å². The molecule has 0 spiro atoms. The third-order valence-corrected chi connectivity index (χ3v) is 4.48. The molecule has 1 aliphatic rings. The van der Waals surface area contributed by atoms with Crippen LogP contribution in [0.5, 0.6) is 5.75 Å². The maximum Gasteiger partial charge on any atom is 0.191 e. The van der Waals surface area contributed by atoms with E-state index in [9.17, 15) is 0 Å². The van der Waals surface area contributed by atoms with Gasteiger partial charge < -0.3 is 20.3 Å². The van der Waals surface area contributed by atoms with Crippen molar-refractivity contribution in [1.29, 1.82) is 0 Å².